The van der Waals surface area contributed by atoms with Gasteiger partial charge in [0.1, 0.15) is 0 Å². The zero-order valence-corrected chi connectivity index (χ0v) is 12.2. The summed E-state index contributed by atoms with van der Waals surface area (Å²) < 4.78 is 0. The van der Waals surface area contributed by atoms with E-state index in [1.54, 1.807) is 0 Å². The molecule has 0 aromatic rings. The van der Waals surface area contributed by atoms with Crippen LogP contribution < -0.4 is 0 Å². The van der Waals surface area contributed by atoms with Crippen LogP contribution in [0.1, 0.15) is 52.9 Å². The summed E-state index contributed by atoms with van der Waals surface area (Å²) in [5.74, 6) is 3.76. The van der Waals surface area contributed by atoms with Gasteiger partial charge in [0.15, 0.2) is 0 Å². The number of rotatable bonds is 5. The van der Waals surface area contributed by atoms with Crippen LogP contribution in [0, 0.1) is 5.92 Å². The highest BCUT2D eigenvalue weighted by atomic mass is 32.2. The molecule has 0 unspecified atom stereocenters. The van der Waals surface area contributed by atoms with Crippen LogP contribution in [0.3, 0.4) is 0 Å². The molecule has 0 atom stereocenters. The van der Waals surface area contributed by atoms with Crippen LogP contribution in [0.4, 0.5) is 0 Å². The third kappa shape index (κ3) is 5.58. The number of hydrogen-bond acceptors (Lipinski definition) is 2. The van der Waals surface area contributed by atoms with Crippen LogP contribution in [-0.4, -0.2) is 35.5 Å². The van der Waals surface area contributed by atoms with Gasteiger partial charge in [-0.2, -0.15) is 11.8 Å². The van der Waals surface area contributed by atoms with Crippen LogP contribution >= 0.6 is 11.8 Å². The summed E-state index contributed by atoms with van der Waals surface area (Å²) in [5.41, 5.74) is 0. The number of thioether (sulfide) groups is 1. The molecule has 0 aromatic heterocycles. The highest BCUT2D eigenvalue weighted by Crippen LogP contribution is 2.23. The molecule has 96 valence electrons. The molecule has 1 fully saturated rings. The zero-order chi connectivity index (χ0) is 11.8. The minimum atomic E-state index is 0.722. The van der Waals surface area contributed by atoms with Crippen molar-refractivity contribution in [3.63, 3.8) is 0 Å². The van der Waals surface area contributed by atoms with E-state index in [2.05, 4.69) is 37.4 Å². The van der Waals surface area contributed by atoms with Crippen molar-refractivity contribution in [2.75, 3.05) is 24.6 Å². The normalized spacial score (nSPS) is 20.1. The van der Waals surface area contributed by atoms with Crippen LogP contribution in [0.15, 0.2) is 0 Å². The molecule has 0 amide bonds. The van der Waals surface area contributed by atoms with Crippen LogP contribution in [0.5, 0.6) is 0 Å². The van der Waals surface area contributed by atoms with Crippen LogP contribution in [-0.2, 0) is 0 Å². The molecule has 1 heterocycles. The fourth-order valence-corrected chi connectivity index (χ4v) is 3.50. The third-order valence-corrected chi connectivity index (χ3v) is 4.69. The first-order valence-corrected chi connectivity index (χ1v) is 8.21. The van der Waals surface area contributed by atoms with Crippen molar-refractivity contribution in [3.8, 4) is 0 Å². The van der Waals surface area contributed by atoms with Gasteiger partial charge in [-0.15, -0.1) is 0 Å². The molecule has 0 spiro atoms. The van der Waals surface area contributed by atoms with E-state index in [0.717, 1.165) is 12.0 Å². The molecule has 1 rings (SSSR count). The molecule has 1 aliphatic rings. The standard InChI is InChI=1S/C14H29NS/c1-4-9-15(13(2)3)12-14-7-5-10-16-11-6-8-14/h13-14H,4-12H2,1-3H3. The Labute approximate surface area is 106 Å². The monoisotopic (exact) mass is 243 g/mol. The molecule has 1 saturated heterocycles. The summed E-state index contributed by atoms with van der Waals surface area (Å²) in [6.45, 7) is 9.60. The third-order valence-electron chi connectivity index (χ3n) is 3.54. The lowest BCUT2D eigenvalue weighted by molar-refractivity contribution is 0.177. The summed E-state index contributed by atoms with van der Waals surface area (Å²) in [4.78, 5) is 2.68. The lowest BCUT2D eigenvalue weighted by Gasteiger charge is -2.31. The lowest BCUT2D eigenvalue weighted by atomic mass is 9.97. The van der Waals surface area contributed by atoms with E-state index in [1.807, 2.05) is 0 Å². The Morgan fingerprint density at radius 1 is 1.19 bits per heavy atom. The van der Waals surface area contributed by atoms with Gasteiger partial charge >= 0.3 is 0 Å². The maximum absolute atomic E-state index is 2.68. The van der Waals surface area contributed by atoms with Crippen molar-refractivity contribution < 1.29 is 0 Å². The summed E-state index contributed by atoms with van der Waals surface area (Å²) in [5, 5.41) is 0. The van der Waals surface area contributed by atoms with Gasteiger partial charge in [-0.1, -0.05) is 6.92 Å². The Bertz CT molecular complexity index is 162. The molecule has 1 aliphatic heterocycles. The lowest BCUT2D eigenvalue weighted by Crippen LogP contribution is -2.36. The second-order valence-corrected chi connectivity index (χ2v) is 6.58. The van der Waals surface area contributed by atoms with E-state index in [-0.39, 0.29) is 0 Å². The van der Waals surface area contributed by atoms with Crippen LogP contribution in [0.2, 0.25) is 0 Å². The van der Waals surface area contributed by atoms with E-state index in [4.69, 9.17) is 0 Å². The number of hydrogen-bond donors (Lipinski definition) is 0. The molecule has 16 heavy (non-hydrogen) atoms. The van der Waals surface area contributed by atoms with Gasteiger partial charge in [-0.25, -0.2) is 0 Å². The Kier molecular flexibility index (Phi) is 7.55. The van der Waals surface area contributed by atoms with Gasteiger partial charge in [0.25, 0.3) is 0 Å². The molecular formula is C14H29NS. The second kappa shape index (κ2) is 8.41. The maximum Gasteiger partial charge on any atom is 0.00387 e. The SMILES string of the molecule is CCCN(CC1CCCSCCC1)C(C)C. The predicted octanol–water partition coefficient (Wildman–Crippen LogP) is 4.03. The number of nitrogens with zero attached hydrogens (tertiary/aromatic N) is 1. The maximum atomic E-state index is 2.68. The fourth-order valence-electron chi connectivity index (χ4n) is 2.56. The molecule has 1 nitrogen and oxygen atoms in total. The Hall–Kier alpha value is 0.310. The fraction of sp³-hybridized carbons (Fsp3) is 1.00. The Balaban J connectivity index is 2.35. The van der Waals surface area contributed by atoms with Gasteiger partial charge in [0, 0.05) is 12.6 Å². The molecule has 2 heteroatoms. The first kappa shape index (κ1) is 14.4. The molecular weight excluding hydrogens is 214 g/mol. The zero-order valence-electron chi connectivity index (χ0n) is 11.4. The molecule has 0 radical (unpaired) electrons. The van der Waals surface area contributed by atoms with Crippen molar-refractivity contribution in [1.29, 1.82) is 0 Å². The van der Waals surface area contributed by atoms with Gasteiger partial charge < -0.3 is 4.90 Å². The minimum absolute atomic E-state index is 0.722. The van der Waals surface area contributed by atoms with Gasteiger partial charge in [0.2, 0.25) is 0 Å². The van der Waals surface area contributed by atoms with E-state index in [9.17, 15) is 0 Å². The van der Waals surface area contributed by atoms with E-state index in [0.29, 0.717) is 0 Å². The highest BCUT2D eigenvalue weighted by molar-refractivity contribution is 7.99. The average Bonchev–Trinajstić information content (AvgIpc) is 2.20. The highest BCUT2D eigenvalue weighted by Gasteiger charge is 2.16. The molecule has 0 aliphatic carbocycles. The summed E-state index contributed by atoms with van der Waals surface area (Å²) in [6.07, 6.45) is 7.08. The van der Waals surface area contributed by atoms with Crippen molar-refractivity contribution in [2.45, 2.75) is 58.9 Å². The average molecular weight is 243 g/mol. The first-order valence-electron chi connectivity index (χ1n) is 7.05. The summed E-state index contributed by atoms with van der Waals surface area (Å²) in [7, 11) is 0. The largest absolute Gasteiger partial charge is 0.301 e. The topological polar surface area (TPSA) is 3.24 Å². The second-order valence-electron chi connectivity index (χ2n) is 5.35. The minimum Gasteiger partial charge on any atom is -0.301 e. The summed E-state index contributed by atoms with van der Waals surface area (Å²) >= 11 is 2.15. The predicted molar refractivity (Wildman–Crippen MR) is 76.3 cm³/mol. The van der Waals surface area contributed by atoms with Gasteiger partial charge in [-0.05, 0) is 69.9 Å². The van der Waals surface area contributed by atoms with Gasteiger partial charge in [-0.3, -0.25) is 0 Å². The summed E-state index contributed by atoms with van der Waals surface area (Å²) in [6, 6.07) is 0.722. The van der Waals surface area contributed by atoms with Crippen molar-refractivity contribution in [1.82, 2.24) is 4.90 Å². The van der Waals surface area contributed by atoms with Crippen molar-refractivity contribution in [3.05, 3.63) is 0 Å². The Morgan fingerprint density at radius 2 is 1.81 bits per heavy atom. The molecule has 0 N–H and O–H groups in total. The van der Waals surface area contributed by atoms with Crippen molar-refractivity contribution >= 4 is 11.8 Å². The smallest absolute Gasteiger partial charge is 0.00387 e. The first-order chi connectivity index (χ1) is 7.74. The van der Waals surface area contributed by atoms with Crippen LogP contribution in [0.25, 0.3) is 0 Å². The quantitative estimate of drug-likeness (QED) is 0.717. The molecule has 0 bridgehead atoms. The van der Waals surface area contributed by atoms with Gasteiger partial charge in [0.05, 0.1) is 0 Å². The molecule has 0 saturated carbocycles. The van der Waals surface area contributed by atoms with E-state index in [1.165, 1.54) is 56.7 Å². The Morgan fingerprint density at radius 3 is 2.31 bits per heavy atom. The van der Waals surface area contributed by atoms with E-state index >= 15 is 0 Å². The van der Waals surface area contributed by atoms with E-state index < -0.39 is 0 Å². The molecule has 0 aromatic carbocycles. The van der Waals surface area contributed by atoms with Crippen molar-refractivity contribution in [2.24, 2.45) is 5.92 Å².